The Hall–Kier alpha value is -2.67. The highest BCUT2D eigenvalue weighted by atomic mass is 16.5. The third-order valence-corrected chi connectivity index (χ3v) is 3.33. The van der Waals surface area contributed by atoms with Crippen LogP contribution in [0.4, 0.5) is 0 Å². The maximum Gasteiger partial charge on any atom is 0.327 e. The van der Waals surface area contributed by atoms with Gasteiger partial charge in [-0.25, -0.2) is 0 Å². The molecule has 0 fully saturated rings. The number of esters is 2. The van der Waals surface area contributed by atoms with Crippen LogP contribution >= 0.6 is 0 Å². The van der Waals surface area contributed by atoms with E-state index in [-0.39, 0.29) is 26.1 Å². The van der Waals surface area contributed by atoms with Crippen molar-refractivity contribution < 1.29 is 29.0 Å². The van der Waals surface area contributed by atoms with Gasteiger partial charge in [0.1, 0.15) is 18.7 Å². The molecule has 7 heteroatoms. The fourth-order valence-corrected chi connectivity index (χ4v) is 2.03. The number of carbonyl (C=O) groups excluding carboxylic acids is 2. The van der Waals surface area contributed by atoms with Crippen molar-refractivity contribution in [1.29, 1.82) is 0 Å². The summed E-state index contributed by atoms with van der Waals surface area (Å²) in [5.41, 5.74) is 0.845. The summed E-state index contributed by atoms with van der Waals surface area (Å²) in [7, 11) is 0. The van der Waals surface area contributed by atoms with Gasteiger partial charge in [0, 0.05) is 6.42 Å². The van der Waals surface area contributed by atoms with Gasteiger partial charge in [0.25, 0.3) is 0 Å². The number of carbonyl (C=O) groups is 3. The maximum atomic E-state index is 11.8. The van der Waals surface area contributed by atoms with Gasteiger partial charge in [-0.1, -0.05) is 36.4 Å². The Morgan fingerprint density at radius 3 is 2.48 bits per heavy atom. The molecule has 0 heterocycles. The molecule has 0 aliphatic heterocycles. The highest BCUT2D eigenvalue weighted by Crippen LogP contribution is 2.06. The van der Waals surface area contributed by atoms with Crippen molar-refractivity contribution in [3.8, 4) is 0 Å². The summed E-state index contributed by atoms with van der Waals surface area (Å²) in [5.74, 6) is -2.30. The van der Waals surface area contributed by atoms with E-state index >= 15 is 0 Å². The maximum absolute atomic E-state index is 11.8. The predicted octanol–water partition coefficient (Wildman–Crippen LogP) is 1.67. The van der Waals surface area contributed by atoms with Crippen LogP contribution in [0.15, 0.2) is 43.0 Å². The van der Waals surface area contributed by atoms with Crippen LogP contribution in [0.2, 0.25) is 0 Å². The summed E-state index contributed by atoms with van der Waals surface area (Å²) in [6.45, 7) is 5.44. The van der Waals surface area contributed by atoms with Crippen molar-refractivity contribution in [3.63, 3.8) is 0 Å². The third kappa shape index (κ3) is 7.63. The molecule has 136 valence electrons. The van der Waals surface area contributed by atoms with Gasteiger partial charge in [-0.2, -0.15) is 0 Å². The van der Waals surface area contributed by atoms with Crippen molar-refractivity contribution >= 4 is 17.9 Å². The second-order valence-corrected chi connectivity index (χ2v) is 5.21. The normalized spacial score (nSPS) is 12.7. The number of ether oxygens (including phenoxy) is 2. The Morgan fingerprint density at radius 2 is 1.92 bits per heavy atom. The Kier molecular flexibility index (Phi) is 8.95. The molecule has 0 aliphatic rings. The van der Waals surface area contributed by atoms with E-state index in [1.807, 2.05) is 30.3 Å². The summed E-state index contributed by atoms with van der Waals surface area (Å²) >= 11 is 0. The molecule has 0 saturated heterocycles. The summed E-state index contributed by atoms with van der Waals surface area (Å²) in [6, 6.07) is 7.11. The molecule has 7 nitrogen and oxygen atoms in total. The largest absolute Gasteiger partial charge is 0.480 e. The monoisotopic (exact) mass is 349 g/mol. The van der Waals surface area contributed by atoms with Crippen molar-refractivity contribution in [2.75, 3.05) is 6.61 Å². The second-order valence-electron chi connectivity index (χ2n) is 5.21. The molecule has 0 aliphatic carbocycles. The van der Waals surface area contributed by atoms with Gasteiger partial charge in [0.05, 0.1) is 6.61 Å². The highest BCUT2D eigenvalue weighted by Gasteiger charge is 2.25. The number of rotatable bonds is 11. The smallest absolute Gasteiger partial charge is 0.327 e. The number of hydrogen-bond donors (Lipinski definition) is 2. The molecule has 1 aromatic carbocycles. The Balaban J connectivity index is 2.48. The van der Waals surface area contributed by atoms with Crippen molar-refractivity contribution in [2.24, 2.45) is 0 Å². The van der Waals surface area contributed by atoms with Gasteiger partial charge in [-0.05, 0) is 18.9 Å². The zero-order valence-electron chi connectivity index (χ0n) is 14.1. The predicted molar refractivity (Wildman–Crippen MR) is 90.6 cm³/mol. The molecule has 0 saturated carbocycles. The van der Waals surface area contributed by atoms with Crippen LogP contribution < -0.4 is 5.32 Å². The van der Waals surface area contributed by atoms with E-state index < -0.39 is 30.0 Å². The fourth-order valence-electron chi connectivity index (χ4n) is 2.03. The van der Waals surface area contributed by atoms with Gasteiger partial charge < -0.3 is 14.6 Å². The van der Waals surface area contributed by atoms with Gasteiger partial charge in [0.15, 0.2) is 0 Å². The van der Waals surface area contributed by atoms with Gasteiger partial charge in [0.2, 0.25) is 0 Å². The first-order valence-electron chi connectivity index (χ1n) is 7.95. The molecule has 0 spiro atoms. The van der Waals surface area contributed by atoms with Crippen molar-refractivity contribution in [1.82, 2.24) is 5.32 Å². The zero-order chi connectivity index (χ0) is 18.7. The van der Waals surface area contributed by atoms with E-state index in [1.54, 1.807) is 6.92 Å². The van der Waals surface area contributed by atoms with Crippen molar-refractivity contribution in [2.45, 2.75) is 38.5 Å². The SMILES string of the molecule is C=CC(N[C@@H](CCC(=O)OCc1ccccc1)C(=O)O)C(=O)OCC. The molecular weight excluding hydrogens is 326 g/mol. The van der Waals surface area contributed by atoms with Gasteiger partial charge in [-0.15, -0.1) is 6.58 Å². The minimum atomic E-state index is -1.17. The van der Waals surface area contributed by atoms with Crippen LogP contribution in [0.5, 0.6) is 0 Å². The average Bonchev–Trinajstić information content (AvgIpc) is 2.60. The van der Waals surface area contributed by atoms with Crippen LogP contribution in [0.25, 0.3) is 0 Å². The summed E-state index contributed by atoms with van der Waals surface area (Å²) in [6.07, 6.45) is 1.15. The lowest BCUT2D eigenvalue weighted by atomic mass is 10.1. The Bertz CT molecular complexity index is 586. The molecule has 0 bridgehead atoms. The molecule has 1 aromatic rings. The minimum absolute atomic E-state index is 0.0211. The lowest BCUT2D eigenvalue weighted by molar-refractivity contribution is -0.146. The van der Waals surface area contributed by atoms with E-state index in [9.17, 15) is 19.5 Å². The Morgan fingerprint density at radius 1 is 1.24 bits per heavy atom. The van der Waals surface area contributed by atoms with Crippen LogP contribution in [0.3, 0.4) is 0 Å². The number of aliphatic carboxylic acids is 1. The molecule has 0 aromatic heterocycles. The first kappa shape index (κ1) is 20.4. The third-order valence-electron chi connectivity index (χ3n) is 3.33. The molecule has 25 heavy (non-hydrogen) atoms. The van der Waals surface area contributed by atoms with E-state index in [4.69, 9.17) is 9.47 Å². The quantitative estimate of drug-likeness (QED) is 0.463. The summed E-state index contributed by atoms with van der Waals surface area (Å²) in [4.78, 5) is 34.8. The average molecular weight is 349 g/mol. The second kappa shape index (κ2) is 11.0. The lowest BCUT2D eigenvalue weighted by Gasteiger charge is -2.19. The molecule has 0 amide bonds. The van der Waals surface area contributed by atoms with Crippen LogP contribution in [0.1, 0.15) is 25.3 Å². The fraction of sp³-hybridized carbons (Fsp3) is 0.389. The van der Waals surface area contributed by atoms with E-state index in [2.05, 4.69) is 11.9 Å². The molecule has 1 rings (SSSR count). The summed E-state index contributed by atoms with van der Waals surface area (Å²) < 4.78 is 9.94. The number of hydrogen-bond acceptors (Lipinski definition) is 6. The van der Waals surface area contributed by atoms with E-state index in [0.29, 0.717) is 0 Å². The number of carboxylic acids is 1. The molecular formula is C18H23NO6. The van der Waals surface area contributed by atoms with Crippen LogP contribution in [-0.2, 0) is 30.5 Å². The van der Waals surface area contributed by atoms with Crippen LogP contribution in [0, 0.1) is 0 Å². The highest BCUT2D eigenvalue weighted by molar-refractivity contribution is 5.80. The first-order valence-corrected chi connectivity index (χ1v) is 7.95. The van der Waals surface area contributed by atoms with Crippen LogP contribution in [-0.4, -0.2) is 41.7 Å². The van der Waals surface area contributed by atoms with E-state index in [1.165, 1.54) is 6.08 Å². The molecule has 0 radical (unpaired) electrons. The molecule has 2 N–H and O–H groups in total. The van der Waals surface area contributed by atoms with Gasteiger partial charge in [-0.3, -0.25) is 19.7 Å². The zero-order valence-corrected chi connectivity index (χ0v) is 14.1. The standard InChI is InChI=1S/C18H23NO6/c1-3-14(18(23)24-4-2)19-15(17(21)22)10-11-16(20)25-12-13-8-6-5-7-9-13/h3,5-9,14-15,19H,1,4,10-12H2,2H3,(H,21,22)/t14?,15-/m0/s1. The molecule has 2 atom stereocenters. The number of benzene rings is 1. The Labute approximate surface area is 146 Å². The topological polar surface area (TPSA) is 102 Å². The van der Waals surface area contributed by atoms with Gasteiger partial charge >= 0.3 is 17.9 Å². The number of carboxylic acid groups (broad SMARTS) is 1. The van der Waals surface area contributed by atoms with E-state index in [0.717, 1.165) is 5.56 Å². The summed E-state index contributed by atoms with van der Waals surface area (Å²) in [5, 5.41) is 11.9. The van der Waals surface area contributed by atoms with Crippen molar-refractivity contribution in [3.05, 3.63) is 48.6 Å². The molecule has 1 unspecified atom stereocenters. The first-order chi connectivity index (χ1) is 12.0. The lowest BCUT2D eigenvalue weighted by Crippen LogP contribution is -2.47. The number of nitrogens with one attached hydrogen (secondary N) is 1. The minimum Gasteiger partial charge on any atom is -0.480 e.